The highest BCUT2D eigenvalue weighted by Crippen LogP contribution is 2.20. The summed E-state index contributed by atoms with van der Waals surface area (Å²) in [5, 5.41) is 5.74. The molecular formula is C11H19N3O2. The molecule has 2 amide bonds. The van der Waals surface area contributed by atoms with E-state index in [2.05, 4.69) is 10.6 Å². The number of hydrogen-bond donors (Lipinski definition) is 2. The molecular weight excluding hydrogens is 206 g/mol. The summed E-state index contributed by atoms with van der Waals surface area (Å²) in [4.78, 5) is 25.6. The number of carbonyl (C=O) groups excluding carboxylic acids is 2. The number of likely N-dealkylation sites (tertiary alicyclic amines) is 1. The number of hydrogen-bond acceptors (Lipinski definition) is 3. The summed E-state index contributed by atoms with van der Waals surface area (Å²) in [6.45, 7) is 2.25. The Bertz CT molecular complexity index is 289. The van der Waals surface area contributed by atoms with Crippen molar-refractivity contribution in [2.75, 3.05) is 26.7 Å². The highest BCUT2D eigenvalue weighted by molar-refractivity contribution is 5.89. The van der Waals surface area contributed by atoms with Crippen molar-refractivity contribution in [2.24, 2.45) is 5.92 Å². The second kappa shape index (κ2) is 4.82. The second-order valence-corrected chi connectivity index (χ2v) is 4.51. The number of amides is 2. The molecule has 2 heterocycles. The molecule has 16 heavy (non-hydrogen) atoms. The SMILES string of the molecule is CNC(=O)C1CCCCN1C(=O)C1CNC1. The van der Waals surface area contributed by atoms with Gasteiger partial charge in [0.05, 0.1) is 5.92 Å². The molecule has 5 heteroatoms. The molecule has 1 atom stereocenters. The molecule has 2 aliphatic heterocycles. The molecule has 0 aromatic rings. The van der Waals surface area contributed by atoms with Gasteiger partial charge in [-0.25, -0.2) is 0 Å². The lowest BCUT2D eigenvalue weighted by Crippen LogP contribution is -2.58. The molecule has 1 unspecified atom stereocenters. The minimum Gasteiger partial charge on any atom is -0.357 e. The molecule has 2 N–H and O–H groups in total. The number of nitrogens with zero attached hydrogens (tertiary/aromatic N) is 1. The van der Waals surface area contributed by atoms with Crippen LogP contribution >= 0.6 is 0 Å². The summed E-state index contributed by atoms with van der Waals surface area (Å²) in [6.07, 6.45) is 2.84. The Morgan fingerprint density at radius 1 is 1.31 bits per heavy atom. The zero-order valence-electron chi connectivity index (χ0n) is 9.66. The molecule has 0 aromatic carbocycles. The van der Waals surface area contributed by atoms with Crippen LogP contribution in [0.4, 0.5) is 0 Å². The Hall–Kier alpha value is -1.10. The highest BCUT2D eigenvalue weighted by atomic mass is 16.2. The molecule has 0 aliphatic carbocycles. The Kier molecular flexibility index (Phi) is 3.43. The largest absolute Gasteiger partial charge is 0.357 e. The van der Waals surface area contributed by atoms with Gasteiger partial charge in [-0.15, -0.1) is 0 Å². The van der Waals surface area contributed by atoms with E-state index >= 15 is 0 Å². The monoisotopic (exact) mass is 225 g/mol. The van der Waals surface area contributed by atoms with Crippen LogP contribution in [0.1, 0.15) is 19.3 Å². The zero-order chi connectivity index (χ0) is 11.5. The van der Waals surface area contributed by atoms with Gasteiger partial charge in [-0.1, -0.05) is 0 Å². The topological polar surface area (TPSA) is 61.4 Å². The van der Waals surface area contributed by atoms with Crippen molar-refractivity contribution in [3.8, 4) is 0 Å². The fraction of sp³-hybridized carbons (Fsp3) is 0.818. The van der Waals surface area contributed by atoms with E-state index in [1.165, 1.54) is 0 Å². The summed E-state index contributed by atoms with van der Waals surface area (Å²) in [6, 6.07) is -0.244. The van der Waals surface area contributed by atoms with Gasteiger partial charge in [0.1, 0.15) is 6.04 Å². The van der Waals surface area contributed by atoms with E-state index in [1.807, 2.05) is 0 Å². The maximum Gasteiger partial charge on any atom is 0.242 e. The minimum atomic E-state index is -0.244. The Labute approximate surface area is 95.6 Å². The third kappa shape index (κ3) is 2.04. The number of rotatable bonds is 2. The average Bonchev–Trinajstić information content (AvgIpc) is 2.25. The van der Waals surface area contributed by atoms with E-state index in [9.17, 15) is 9.59 Å². The van der Waals surface area contributed by atoms with Crippen LogP contribution in [-0.4, -0.2) is 49.4 Å². The summed E-state index contributed by atoms with van der Waals surface area (Å²) in [5.74, 6) is 0.206. The zero-order valence-corrected chi connectivity index (χ0v) is 9.66. The standard InChI is InChI=1S/C11H19N3O2/c1-12-10(15)9-4-2-3-5-14(9)11(16)8-6-13-7-8/h8-9,13H,2-7H2,1H3,(H,12,15). The van der Waals surface area contributed by atoms with Crippen LogP contribution in [0.25, 0.3) is 0 Å². The first-order valence-electron chi connectivity index (χ1n) is 5.97. The fourth-order valence-electron chi connectivity index (χ4n) is 2.33. The summed E-state index contributed by atoms with van der Waals surface area (Å²) < 4.78 is 0. The lowest BCUT2D eigenvalue weighted by molar-refractivity contribution is -0.146. The van der Waals surface area contributed by atoms with E-state index in [1.54, 1.807) is 11.9 Å². The van der Waals surface area contributed by atoms with Gasteiger partial charge in [0.15, 0.2) is 0 Å². The second-order valence-electron chi connectivity index (χ2n) is 4.51. The molecule has 90 valence electrons. The first-order valence-corrected chi connectivity index (χ1v) is 5.97. The van der Waals surface area contributed by atoms with Crippen molar-refractivity contribution in [2.45, 2.75) is 25.3 Å². The molecule has 0 bridgehead atoms. The summed E-state index contributed by atoms with van der Waals surface area (Å²) >= 11 is 0. The predicted octanol–water partition coefficient (Wildman–Crippen LogP) is -0.667. The van der Waals surface area contributed by atoms with E-state index in [0.717, 1.165) is 38.9 Å². The molecule has 2 saturated heterocycles. The minimum absolute atomic E-state index is 0.0275. The molecule has 5 nitrogen and oxygen atoms in total. The quantitative estimate of drug-likeness (QED) is 0.655. The smallest absolute Gasteiger partial charge is 0.242 e. The van der Waals surface area contributed by atoms with Crippen molar-refractivity contribution in [3.05, 3.63) is 0 Å². The maximum absolute atomic E-state index is 12.1. The van der Waals surface area contributed by atoms with Crippen molar-refractivity contribution >= 4 is 11.8 Å². The van der Waals surface area contributed by atoms with Gasteiger partial charge in [-0.05, 0) is 19.3 Å². The van der Waals surface area contributed by atoms with Crippen molar-refractivity contribution in [1.29, 1.82) is 0 Å². The third-order valence-electron chi connectivity index (χ3n) is 3.47. The molecule has 0 spiro atoms. The molecule has 0 saturated carbocycles. The van der Waals surface area contributed by atoms with Gasteiger partial charge in [0.2, 0.25) is 11.8 Å². The van der Waals surface area contributed by atoms with E-state index in [0.29, 0.717) is 0 Å². The lowest BCUT2D eigenvalue weighted by Gasteiger charge is -2.39. The van der Waals surface area contributed by atoms with Crippen molar-refractivity contribution in [3.63, 3.8) is 0 Å². The van der Waals surface area contributed by atoms with Crippen LogP contribution in [0.15, 0.2) is 0 Å². The number of likely N-dealkylation sites (N-methyl/N-ethyl adjacent to an activating group) is 1. The first kappa shape index (κ1) is 11.4. The van der Waals surface area contributed by atoms with Crippen LogP contribution in [0.3, 0.4) is 0 Å². The summed E-state index contributed by atoms with van der Waals surface area (Å²) in [5.41, 5.74) is 0. The predicted molar refractivity (Wildman–Crippen MR) is 59.8 cm³/mol. The summed E-state index contributed by atoms with van der Waals surface area (Å²) in [7, 11) is 1.63. The Morgan fingerprint density at radius 3 is 2.62 bits per heavy atom. The van der Waals surface area contributed by atoms with Crippen molar-refractivity contribution < 1.29 is 9.59 Å². The molecule has 2 fully saturated rings. The molecule has 2 rings (SSSR count). The first-order chi connectivity index (χ1) is 7.74. The molecule has 0 aromatic heterocycles. The number of piperidine rings is 1. The van der Waals surface area contributed by atoms with Crippen LogP contribution in [0, 0.1) is 5.92 Å². The van der Waals surface area contributed by atoms with Crippen LogP contribution in [0.5, 0.6) is 0 Å². The maximum atomic E-state index is 12.1. The average molecular weight is 225 g/mol. The van der Waals surface area contributed by atoms with Gasteiger partial charge < -0.3 is 15.5 Å². The van der Waals surface area contributed by atoms with E-state index in [-0.39, 0.29) is 23.8 Å². The van der Waals surface area contributed by atoms with E-state index < -0.39 is 0 Å². The van der Waals surface area contributed by atoms with Gasteiger partial charge in [0, 0.05) is 26.7 Å². The van der Waals surface area contributed by atoms with Gasteiger partial charge in [0.25, 0.3) is 0 Å². The van der Waals surface area contributed by atoms with Crippen molar-refractivity contribution in [1.82, 2.24) is 15.5 Å². The van der Waals surface area contributed by atoms with Crippen LogP contribution < -0.4 is 10.6 Å². The molecule has 0 radical (unpaired) electrons. The number of nitrogens with one attached hydrogen (secondary N) is 2. The van der Waals surface area contributed by atoms with Gasteiger partial charge in [-0.2, -0.15) is 0 Å². The third-order valence-corrected chi connectivity index (χ3v) is 3.47. The van der Waals surface area contributed by atoms with Gasteiger partial charge in [-0.3, -0.25) is 9.59 Å². The normalized spacial score (nSPS) is 26.1. The van der Waals surface area contributed by atoms with E-state index in [4.69, 9.17) is 0 Å². The number of carbonyl (C=O) groups is 2. The Balaban J connectivity index is 2.03. The molecule has 2 aliphatic rings. The lowest BCUT2D eigenvalue weighted by atomic mass is 9.96. The van der Waals surface area contributed by atoms with Crippen LogP contribution in [-0.2, 0) is 9.59 Å². The Morgan fingerprint density at radius 2 is 2.06 bits per heavy atom. The van der Waals surface area contributed by atoms with Crippen LogP contribution in [0.2, 0.25) is 0 Å². The highest BCUT2D eigenvalue weighted by Gasteiger charge is 2.36. The fourth-order valence-corrected chi connectivity index (χ4v) is 2.33. The van der Waals surface area contributed by atoms with Gasteiger partial charge >= 0.3 is 0 Å².